The molecule has 1 fully saturated rings. The van der Waals surface area contributed by atoms with E-state index in [1.165, 1.54) is 0 Å². The van der Waals surface area contributed by atoms with Gasteiger partial charge in [-0.25, -0.2) is 4.98 Å². The minimum absolute atomic E-state index is 0.108. The number of aromatic nitrogens is 3. The van der Waals surface area contributed by atoms with Gasteiger partial charge in [-0.1, -0.05) is 0 Å². The summed E-state index contributed by atoms with van der Waals surface area (Å²) in [6.45, 7) is 4.50. The van der Waals surface area contributed by atoms with E-state index in [1.807, 2.05) is 55.2 Å². The zero-order chi connectivity index (χ0) is 17.4. The maximum atomic E-state index is 11.8. The number of benzene rings is 1. The van der Waals surface area contributed by atoms with Crippen molar-refractivity contribution in [2.75, 3.05) is 5.32 Å². The van der Waals surface area contributed by atoms with Crippen LogP contribution in [-0.2, 0) is 11.3 Å². The van der Waals surface area contributed by atoms with Gasteiger partial charge in [-0.15, -0.1) is 0 Å². The summed E-state index contributed by atoms with van der Waals surface area (Å²) in [5.41, 5.74) is 3.67. The number of nitrogens with one attached hydrogen (secondary N) is 1. The highest BCUT2D eigenvalue weighted by Gasteiger charge is 2.29. The summed E-state index contributed by atoms with van der Waals surface area (Å²) >= 11 is 0. The Bertz CT molecular complexity index is 904. The number of oxazole rings is 1. The van der Waals surface area contributed by atoms with Crippen molar-refractivity contribution in [1.82, 2.24) is 14.8 Å². The molecule has 0 aliphatic heterocycles. The first-order valence-corrected chi connectivity index (χ1v) is 8.45. The molecule has 2 heterocycles. The second kappa shape index (κ2) is 6.20. The number of hydrogen-bond donors (Lipinski definition) is 1. The minimum Gasteiger partial charge on any atom is -0.441 e. The molecule has 6 heteroatoms. The summed E-state index contributed by atoms with van der Waals surface area (Å²) in [5, 5.41) is 7.22. The Morgan fingerprint density at radius 2 is 2.04 bits per heavy atom. The normalized spacial score (nSPS) is 13.8. The van der Waals surface area contributed by atoms with Gasteiger partial charge in [0.2, 0.25) is 11.8 Å². The Balaban J connectivity index is 1.49. The third-order valence-electron chi connectivity index (χ3n) is 4.31. The highest BCUT2D eigenvalue weighted by Crippen LogP contribution is 2.30. The first-order chi connectivity index (χ1) is 12.1. The van der Waals surface area contributed by atoms with Crippen LogP contribution in [0.15, 0.2) is 41.1 Å². The van der Waals surface area contributed by atoms with Crippen molar-refractivity contribution in [3.63, 3.8) is 0 Å². The summed E-state index contributed by atoms with van der Waals surface area (Å²) in [6.07, 6.45) is 5.80. The van der Waals surface area contributed by atoms with E-state index in [4.69, 9.17) is 4.42 Å². The van der Waals surface area contributed by atoms with Gasteiger partial charge < -0.3 is 9.73 Å². The van der Waals surface area contributed by atoms with Crippen molar-refractivity contribution in [1.29, 1.82) is 0 Å². The van der Waals surface area contributed by atoms with Gasteiger partial charge in [0, 0.05) is 23.4 Å². The molecule has 6 nitrogen and oxygen atoms in total. The average Bonchev–Trinajstić information content (AvgIpc) is 3.28. The fourth-order valence-electron chi connectivity index (χ4n) is 2.69. The van der Waals surface area contributed by atoms with Gasteiger partial charge >= 0.3 is 0 Å². The SMILES string of the molecule is Cc1cnn(Cc2nc(-c3ccc(NC(=O)C4CC4)cc3)oc2C)c1. The fraction of sp³-hybridized carbons (Fsp3) is 0.316. The van der Waals surface area contributed by atoms with Gasteiger partial charge in [-0.2, -0.15) is 5.10 Å². The van der Waals surface area contributed by atoms with Gasteiger partial charge in [0.1, 0.15) is 11.5 Å². The molecular formula is C19H20N4O2. The maximum Gasteiger partial charge on any atom is 0.227 e. The highest BCUT2D eigenvalue weighted by atomic mass is 16.4. The third-order valence-corrected chi connectivity index (χ3v) is 4.31. The van der Waals surface area contributed by atoms with Crippen LogP contribution in [-0.4, -0.2) is 20.7 Å². The van der Waals surface area contributed by atoms with Crippen LogP contribution in [0.2, 0.25) is 0 Å². The van der Waals surface area contributed by atoms with Gasteiger partial charge in [-0.05, 0) is 56.5 Å². The van der Waals surface area contributed by atoms with Crippen LogP contribution in [0.5, 0.6) is 0 Å². The topological polar surface area (TPSA) is 73.0 Å². The van der Waals surface area contributed by atoms with Crippen LogP contribution in [0.4, 0.5) is 5.69 Å². The lowest BCUT2D eigenvalue weighted by atomic mass is 10.2. The van der Waals surface area contributed by atoms with E-state index in [0.29, 0.717) is 12.4 Å². The first-order valence-electron chi connectivity index (χ1n) is 8.45. The monoisotopic (exact) mass is 336 g/mol. The number of rotatable bonds is 5. The summed E-state index contributed by atoms with van der Waals surface area (Å²) in [7, 11) is 0. The number of carbonyl (C=O) groups excluding carboxylic acids is 1. The van der Waals surface area contributed by atoms with Crippen molar-refractivity contribution in [3.8, 4) is 11.5 Å². The van der Waals surface area contributed by atoms with Crippen LogP contribution in [0.25, 0.3) is 11.5 Å². The lowest BCUT2D eigenvalue weighted by Crippen LogP contribution is -2.12. The van der Waals surface area contributed by atoms with Crippen molar-refractivity contribution in [3.05, 3.63) is 53.7 Å². The average molecular weight is 336 g/mol. The largest absolute Gasteiger partial charge is 0.441 e. The lowest BCUT2D eigenvalue weighted by molar-refractivity contribution is -0.117. The summed E-state index contributed by atoms with van der Waals surface area (Å²) < 4.78 is 7.66. The number of hydrogen-bond acceptors (Lipinski definition) is 4. The molecule has 4 rings (SSSR count). The highest BCUT2D eigenvalue weighted by molar-refractivity contribution is 5.94. The molecule has 1 aliphatic carbocycles. The Hall–Kier alpha value is -2.89. The molecule has 0 spiro atoms. The molecule has 1 saturated carbocycles. The molecule has 2 aromatic heterocycles. The number of anilines is 1. The predicted molar refractivity (Wildman–Crippen MR) is 94.1 cm³/mol. The molecule has 0 bridgehead atoms. The number of nitrogens with zero attached hydrogens (tertiary/aromatic N) is 3. The molecule has 25 heavy (non-hydrogen) atoms. The van der Waals surface area contributed by atoms with Crippen LogP contribution < -0.4 is 5.32 Å². The van der Waals surface area contributed by atoms with Gasteiger partial charge in [0.15, 0.2) is 0 Å². The van der Waals surface area contributed by atoms with Crippen LogP contribution in [0.1, 0.15) is 29.9 Å². The molecule has 0 atom stereocenters. The molecule has 0 radical (unpaired) electrons. The Kier molecular flexibility index (Phi) is 3.87. The standard InChI is InChI=1S/C19H20N4O2/c1-12-9-20-23(10-12)11-17-13(2)25-19(22-17)15-5-7-16(8-6-15)21-18(24)14-3-4-14/h5-10,14H,3-4,11H2,1-2H3,(H,21,24). The molecule has 1 N–H and O–H groups in total. The minimum atomic E-state index is 0.108. The quantitative estimate of drug-likeness (QED) is 0.773. The van der Waals surface area contributed by atoms with Gasteiger partial charge in [0.25, 0.3) is 0 Å². The van der Waals surface area contributed by atoms with Gasteiger partial charge in [0.05, 0.1) is 12.7 Å². The molecule has 1 amide bonds. The number of aryl methyl sites for hydroxylation is 2. The second-order valence-corrected chi connectivity index (χ2v) is 6.58. The lowest BCUT2D eigenvalue weighted by Gasteiger charge is -2.04. The molecule has 3 aromatic rings. The number of amides is 1. The van der Waals surface area contributed by atoms with E-state index in [9.17, 15) is 4.79 Å². The van der Waals surface area contributed by atoms with Crippen LogP contribution >= 0.6 is 0 Å². The van der Waals surface area contributed by atoms with Gasteiger partial charge in [-0.3, -0.25) is 9.48 Å². The summed E-state index contributed by atoms with van der Waals surface area (Å²) in [4.78, 5) is 16.4. The summed E-state index contributed by atoms with van der Waals surface area (Å²) in [6, 6.07) is 7.59. The van der Waals surface area contributed by atoms with Crippen molar-refractivity contribution >= 4 is 11.6 Å². The smallest absolute Gasteiger partial charge is 0.227 e. The van der Waals surface area contributed by atoms with Crippen LogP contribution in [0, 0.1) is 19.8 Å². The van der Waals surface area contributed by atoms with Crippen LogP contribution in [0.3, 0.4) is 0 Å². The molecule has 1 aromatic carbocycles. The predicted octanol–water partition coefficient (Wildman–Crippen LogP) is 3.55. The second-order valence-electron chi connectivity index (χ2n) is 6.58. The zero-order valence-electron chi connectivity index (χ0n) is 14.3. The van der Waals surface area contributed by atoms with E-state index in [2.05, 4.69) is 15.4 Å². The maximum absolute atomic E-state index is 11.8. The Morgan fingerprint density at radius 1 is 1.28 bits per heavy atom. The molecule has 0 saturated heterocycles. The van der Waals surface area contributed by atoms with Crippen molar-refractivity contribution in [2.24, 2.45) is 5.92 Å². The molecule has 0 unspecified atom stereocenters. The molecular weight excluding hydrogens is 316 g/mol. The van der Waals surface area contributed by atoms with E-state index in [1.54, 1.807) is 0 Å². The van der Waals surface area contributed by atoms with Crippen molar-refractivity contribution < 1.29 is 9.21 Å². The van der Waals surface area contributed by atoms with Crippen molar-refractivity contribution in [2.45, 2.75) is 33.2 Å². The Morgan fingerprint density at radius 3 is 2.68 bits per heavy atom. The molecule has 1 aliphatic rings. The van der Waals surface area contributed by atoms with E-state index >= 15 is 0 Å². The first kappa shape index (κ1) is 15.6. The van der Waals surface area contributed by atoms with E-state index in [0.717, 1.165) is 41.1 Å². The molecule has 128 valence electrons. The summed E-state index contributed by atoms with van der Waals surface area (Å²) in [5.74, 6) is 1.67. The Labute approximate surface area is 145 Å². The van der Waals surface area contributed by atoms with E-state index < -0.39 is 0 Å². The zero-order valence-corrected chi connectivity index (χ0v) is 14.3. The van der Waals surface area contributed by atoms with E-state index in [-0.39, 0.29) is 11.8 Å². The fourth-order valence-corrected chi connectivity index (χ4v) is 2.69. The number of carbonyl (C=O) groups is 1. The third kappa shape index (κ3) is 3.47.